The van der Waals surface area contributed by atoms with Gasteiger partial charge in [0.15, 0.2) is 5.82 Å². The number of benzene rings is 1. The Morgan fingerprint density at radius 3 is 2.64 bits per heavy atom. The van der Waals surface area contributed by atoms with Gasteiger partial charge in [-0.3, -0.25) is 0 Å². The summed E-state index contributed by atoms with van der Waals surface area (Å²) in [5.74, 6) is 1.15. The Bertz CT molecular complexity index is 968. The minimum atomic E-state index is -0.334. The number of piperazine rings is 1. The fourth-order valence-electron chi connectivity index (χ4n) is 3.12. The zero-order valence-corrected chi connectivity index (χ0v) is 15.4. The molecular weight excluding hydrogens is 361 g/mol. The molecule has 9 heteroatoms. The first-order valence-corrected chi connectivity index (χ1v) is 9.00. The van der Waals surface area contributed by atoms with Crippen LogP contribution in [0.4, 0.5) is 20.7 Å². The topological polar surface area (TPSA) is 79.2 Å². The van der Waals surface area contributed by atoms with E-state index in [1.165, 1.54) is 12.4 Å². The van der Waals surface area contributed by atoms with E-state index in [1.807, 2.05) is 18.3 Å². The van der Waals surface area contributed by atoms with Gasteiger partial charge in [0.2, 0.25) is 0 Å². The van der Waals surface area contributed by atoms with Crippen LogP contribution in [0.15, 0.2) is 49.1 Å². The van der Waals surface area contributed by atoms with Crippen LogP contribution in [-0.2, 0) is 0 Å². The molecule has 1 aliphatic rings. The van der Waals surface area contributed by atoms with Crippen LogP contribution in [0.25, 0.3) is 5.82 Å². The Hall–Kier alpha value is -3.49. The van der Waals surface area contributed by atoms with Gasteiger partial charge < -0.3 is 15.1 Å². The quantitative estimate of drug-likeness (QED) is 0.754. The maximum atomic E-state index is 13.7. The molecule has 2 aromatic heterocycles. The summed E-state index contributed by atoms with van der Waals surface area (Å²) in [6.45, 7) is 4.02. The molecule has 1 aliphatic heterocycles. The third-order valence-electron chi connectivity index (χ3n) is 4.78. The Morgan fingerprint density at radius 2 is 1.89 bits per heavy atom. The summed E-state index contributed by atoms with van der Waals surface area (Å²) >= 11 is 0. The first-order valence-electron chi connectivity index (χ1n) is 9.00. The SMILES string of the molecule is Cc1c(F)cccc1NC(=O)N1CCN(c2cc(-n3cccn3)ncn2)CC1. The number of nitrogens with zero attached hydrogens (tertiary/aromatic N) is 6. The predicted molar refractivity (Wildman–Crippen MR) is 103 cm³/mol. The molecule has 0 bridgehead atoms. The number of anilines is 2. The van der Waals surface area contributed by atoms with Crippen molar-refractivity contribution in [2.45, 2.75) is 6.92 Å². The Kier molecular flexibility index (Phi) is 4.88. The molecule has 3 aromatic rings. The molecule has 1 aromatic carbocycles. The van der Waals surface area contributed by atoms with Gasteiger partial charge in [-0.2, -0.15) is 5.10 Å². The minimum absolute atomic E-state index is 0.228. The molecule has 2 amide bonds. The van der Waals surface area contributed by atoms with E-state index in [9.17, 15) is 9.18 Å². The highest BCUT2D eigenvalue weighted by atomic mass is 19.1. The van der Waals surface area contributed by atoms with E-state index in [1.54, 1.807) is 34.8 Å². The van der Waals surface area contributed by atoms with Crippen molar-refractivity contribution in [1.82, 2.24) is 24.6 Å². The first-order chi connectivity index (χ1) is 13.6. The summed E-state index contributed by atoms with van der Waals surface area (Å²) in [7, 11) is 0. The Labute approximate surface area is 161 Å². The van der Waals surface area contributed by atoms with Crippen LogP contribution in [0.1, 0.15) is 5.56 Å². The van der Waals surface area contributed by atoms with E-state index in [0.717, 1.165) is 5.82 Å². The molecule has 4 rings (SSSR count). The molecule has 0 spiro atoms. The highest BCUT2D eigenvalue weighted by Gasteiger charge is 2.23. The second-order valence-electron chi connectivity index (χ2n) is 6.50. The maximum absolute atomic E-state index is 13.7. The van der Waals surface area contributed by atoms with Gasteiger partial charge >= 0.3 is 6.03 Å². The molecular formula is C19H20FN7O. The van der Waals surface area contributed by atoms with Crippen molar-refractivity contribution >= 4 is 17.5 Å². The van der Waals surface area contributed by atoms with Crippen LogP contribution in [0.5, 0.6) is 0 Å². The Morgan fingerprint density at radius 1 is 1.11 bits per heavy atom. The number of urea groups is 1. The third-order valence-corrected chi connectivity index (χ3v) is 4.78. The third kappa shape index (κ3) is 3.64. The zero-order chi connectivity index (χ0) is 19.5. The van der Waals surface area contributed by atoms with E-state index >= 15 is 0 Å². The van der Waals surface area contributed by atoms with E-state index in [2.05, 4.69) is 25.3 Å². The summed E-state index contributed by atoms with van der Waals surface area (Å²) in [5, 5.41) is 6.98. The molecule has 3 heterocycles. The number of hydrogen-bond acceptors (Lipinski definition) is 5. The van der Waals surface area contributed by atoms with E-state index < -0.39 is 0 Å². The van der Waals surface area contributed by atoms with Crippen molar-refractivity contribution in [3.63, 3.8) is 0 Å². The maximum Gasteiger partial charge on any atom is 0.321 e. The van der Waals surface area contributed by atoms with Gasteiger partial charge in [0.05, 0.1) is 0 Å². The van der Waals surface area contributed by atoms with Crippen LogP contribution < -0.4 is 10.2 Å². The van der Waals surface area contributed by atoms with Gasteiger partial charge in [-0.15, -0.1) is 0 Å². The molecule has 0 aliphatic carbocycles. The minimum Gasteiger partial charge on any atom is -0.353 e. The lowest BCUT2D eigenvalue weighted by atomic mass is 10.2. The molecule has 0 radical (unpaired) electrons. The number of halogens is 1. The average Bonchev–Trinajstić information content (AvgIpc) is 3.27. The van der Waals surface area contributed by atoms with Crippen LogP contribution in [0.2, 0.25) is 0 Å². The predicted octanol–water partition coefficient (Wildman–Crippen LogP) is 2.46. The molecule has 0 saturated carbocycles. The van der Waals surface area contributed by atoms with E-state index in [4.69, 9.17) is 0 Å². The number of aromatic nitrogens is 4. The van der Waals surface area contributed by atoms with Crippen molar-refractivity contribution < 1.29 is 9.18 Å². The lowest BCUT2D eigenvalue weighted by molar-refractivity contribution is 0.208. The van der Waals surface area contributed by atoms with E-state index in [-0.39, 0.29) is 11.8 Å². The molecule has 144 valence electrons. The second kappa shape index (κ2) is 7.63. The molecule has 28 heavy (non-hydrogen) atoms. The molecule has 1 saturated heterocycles. The lowest BCUT2D eigenvalue weighted by Crippen LogP contribution is -2.50. The average molecular weight is 381 g/mol. The van der Waals surface area contributed by atoms with Crippen molar-refractivity contribution in [1.29, 1.82) is 0 Å². The summed E-state index contributed by atoms with van der Waals surface area (Å²) in [4.78, 5) is 24.9. The fourth-order valence-corrected chi connectivity index (χ4v) is 3.12. The van der Waals surface area contributed by atoms with Crippen LogP contribution in [0.3, 0.4) is 0 Å². The van der Waals surface area contributed by atoms with Crippen molar-refractivity contribution in [3.05, 3.63) is 60.4 Å². The molecule has 0 atom stereocenters. The highest BCUT2D eigenvalue weighted by molar-refractivity contribution is 5.90. The number of carbonyl (C=O) groups is 1. The fraction of sp³-hybridized carbons (Fsp3) is 0.263. The van der Waals surface area contributed by atoms with Gasteiger partial charge in [0.1, 0.15) is 18.0 Å². The normalized spacial score (nSPS) is 14.2. The largest absolute Gasteiger partial charge is 0.353 e. The summed E-state index contributed by atoms with van der Waals surface area (Å²) < 4.78 is 15.3. The first kappa shape index (κ1) is 17.9. The van der Waals surface area contributed by atoms with Crippen molar-refractivity contribution in [2.75, 3.05) is 36.4 Å². The van der Waals surface area contributed by atoms with Gasteiger partial charge in [0.25, 0.3) is 0 Å². The lowest BCUT2D eigenvalue weighted by Gasteiger charge is -2.35. The standard InChI is InChI=1S/C19H20FN7O/c1-14-15(20)4-2-5-16(14)24-19(28)26-10-8-25(9-11-26)17-12-18(22-13-21-17)27-7-3-6-23-27/h2-7,12-13H,8-11H2,1H3,(H,24,28). The zero-order valence-electron chi connectivity index (χ0n) is 15.4. The summed E-state index contributed by atoms with van der Waals surface area (Å²) in [5.41, 5.74) is 0.925. The van der Waals surface area contributed by atoms with Crippen molar-refractivity contribution in [2.24, 2.45) is 0 Å². The summed E-state index contributed by atoms with van der Waals surface area (Å²) in [6, 6.07) is 8.14. The highest BCUT2D eigenvalue weighted by Crippen LogP contribution is 2.19. The Balaban J connectivity index is 1.39. The van der Waals surface area contributed by atoms with Crippen molar-refractivity contribution in [3.8, 4) is 5.82 Å². The number of nitrogens with one attached hydrogen (secondary N) is 1. The summed E-state index contributed by atoms with van der Waals surface area (Å²) in [6.07, 6.45) is 5.03. The van der Waals surface area contributed by atoms with Gasteiger partial charge in [-0.25, -0.2) is 23.8 Å². The molecule has 0 unspecified atom stereocenters. The number of hydrogen-bond donors (Lipinski definition) is 1. The van der Waals surface area contributed by atoms with Crippen LogP contribution >= 0.6 is 0 Å². The van der Waals surface area contributed by atoms with E-state index in [0.29, 0.717) is 43.2 Å². The van der Waals surface area contributed by atoms with Gasteiger partial charge in [0, 0.05) is 55.9 Å². The number of amides is 2. The monoisotopic (exact) mass is 381 g/mol. The smallest absolute Gasteiger partial charge is 0.321 e. The number of rotatable bonds is 3. The number of carbonyl (C=O) groups excluding carboxylic acids is 1. The van der Waals surface area contributed by atoms with Crippen LogP contribution in [0, 0.1) is 12.7 Å². The van der Waals surface area contributed by atoms with Gasteiger partial charge in [-0.05, 0) is 25.1 Å². The second-order valence-corrected chi connectivity index (χ2v) is 6.50. The van der Waals surface area contributed by atoms with Gasteiger partial charge in [-0.1, -0.05) is 6.07 Å². The van der Waals surface area contributed by atoms with Crippen LogP contribution in [-0.4, -0.2) is 56.9 Å². The molecule has 1 N–H and O–H groups in total. The molecule has 8 nitrogen and oxygen atoms in total. The molecule has 1 fully saturated rings.